The molecule has 0 aliphatic carbocycles. The van der Waals surface area contributed by atoms with Crippen molar-refractivity contribution in [1.29, 1.82) is 0 Å². The summed E-state index contributed by atoms with van der Waals surface area (Å²) in [5.41, 5.74) is 4.65. The van der Waals surface area contributed by atoms with Gasteiger partial charge in [-0.3, -0.25) is 9.89 Å². The van der Waals surface area contributed by atoms with Gasteiger partial charge in [-0.15, -0.1) is 0 Å². The number of aromatic amines is 1. The molecule has 0 saturated heterocycles. The maximum absolute atomic E-state index is 12.6. The van der Waals surface area contributed by atoms with Crippen molar-refractivity contribution in [2.24, 2.45) is 0 Å². The summed E-state index contributed by atoms with van der Waals surface area (Å²) in [5, 5.41) is 11.0. The first-order chi connectivity index (χ1) is 13.2. The van der Waals surface area contributed by atoms with Crippen LogP contribution in [0.5, 0.6) is 5.75 Å². The predicted molar refractivity (Wildman–Crippen MR) is 106 cm³/mol. The van der Waals surface area contributed by atoms with Crippen LogP contribution < -0.4 is 10.1 Å². The zero-order chi connectivity index (χ0) is 18.6. The van der Waals surface area contributed by atoms with Gasteiger partial charge in [-0.1, -0.05) is 30.3 Å². The number of hydrogen-bond donors (Lipinski definition) is 2. The van der Waals surface area contributed by atoms with E-state index in [0.717, 1.165) is 33.3 Å². The number of amides is 1. The molecule has 4 aromatic rings. The Morgan fingerprint density at radius 2 is 1.89 bits per heavy atom. The highest BCUT2D eigenvalue weighted by Gasteiger charge is 2.08. The van der Waals surface area contributed by atoms with Crippen LogP contribution in [-0.4, -0.2) is 23.2 Å². The fourth-order valence-electron chi connectivity index (χ4n) is 3.03. The van der Waals surface area contributed by atoms with Crippen LogP contribution in [0.25, 0.3) is 22.0 Å². The first-order valence-corrected chi connectivity index (χ1v) is 8.67. The van der Waals surface area contributed by atoms with Gasteiger partial charge in [0.25, 0.3) is 5.91 Å². The van der Waals surface area contributed by atoms with E-state index in [0.29, 0.717) is 12.1 Å². The molecule has 1 heterocycles. The normalized spacial score (nSPS) is 10.7. The SMILES string of the molecule is COc1cccc(CNC(=O)c2cccc(-c3ccc4[nH]ncc4c3)c2)c1. The molecule has 4 rings (SSSR count). The minimum Gasteiger partial charge on any atom is -0.497 e. The number of H-pyrrole nitrogens is 1. The number of carbonyl (C=O) groups excluding carboxylic acids is 1. The quantitative estimate of drug-likeness (QED) is 0.563. The van der Waals surface area contributed by atoms with Gasteiger partial charge in [0, 0.05) is 17.5 Å². The van der Waals surface area contributed by atoms with Gasteiger partial charge in [0.1, 0.15) is 5.75 Å². The maximum Gasteiger partial charge on any atom is 0.251 e. The van der Waals surface area contributed by atoms with Crippen LogP contribution in [0.1, 0.15) is 15.9 Å². The monoisotopic (exact) mass is 357 g/mol. The number of nitrogens with one attached hydrogen (secondary N) is 2. The van der Waals surface area contributed by atoms with Gasteiger partial charge in [0.05, 0.1) is 18.8 Å². The minimum absolute atomic E-state index is 0.107. The van der Waals surface area contributed by atoms with Crippen molar-refractivity contribution in [2.75, 3.05) is 7.11 Å². The van der Waals surface area contributed by atoms with E-state index in [1.54, 1.807) is 13.3 Å². The van der Waals surface area contributed by atoms with Gasteiger partial charge in [-0.2, -0.15) is 5.10 Å². The summed E-state index contributed by atoms with van der Waals surface area (Å²) in [7, 11) is 1.63. The largest absolute Gasteiger partial charge is 0.497 e. The Labute approximate surface area is 157 Å². The second-order valence-corrected chi connectivity index (χ2v) is 6.29. The number of rotatable bonds is 5. The van der Waals surface area contributed by atoms with Crippen molar-refractivity contribution in [2.45, 2.75) is 6.54 Å². The number of methoxy groups -OCH3 is 1. The Morgan fingerprint density at radius 1 is 1.04 bits per heavy atom. The van der Waals surface area contributed by atoms with E-state index >= 15 is 0 Å². The lowest BCUT2D eigenvalue weighted by atomic mass is 10.0. The molecule has 3 aromatic carbocycles. The van der Waals surface area contributed by atoms with Gasteiger partial charge >= 0.3 is 0 Å². The van der Waals surface area contributed by atoms with E-state index in [2.05, 4.69) is 21.6 Å². The molecule has 0 aliphatic heterocycles. The molecule has 27 heavy (non-hydrogen) atoms. The number of carbonyl (C=O) groups is 1. The molecule has 0 saturated carbocycles. The number of aromatic nitrogens is 2. The van der Waals surface area contributed by atoms with Gasteiger partial charge in [-0.05, 0) is 53.1 Å². The van der Waals surface area contributed by atoms with Crippen LogP contribution in [0, 0.1) is 0 Å². The molecule has 5 heteroatoms. The Bertz CT molecular complexity index is 1100. The molecule has 0 bridgehead atoms. The summed E-state index contributed by atoms with van der Waals surface area (Å²) in [5.74, 6) is 0.669. The van der Waals surface area contributed by atoms with Crippen molar-refractivity contribution in [3.63, 3.8) is 0 Å². The molecule has 0 aliphatic rings. The molecule has 1 aromatic heterocycles. The Morgan fingerprint density at radius 3 is 2.78 bits per heavy atom. The van der Waals surface area contributed by atoms with Crippen LogP contribution in [0.2, 0.25) is 0 Å². The van der Waals surface area contributed by atoms with Crippen LogP contribution in [0.15, 0.2) is 72.9 Å². The standard InChI is InChI=1S/C22H19N3O2/c1-27-20-7-2-4-15(10-20)13-23-22(26)18-6-3-5-16(11-18)17-8-9-21-19(12-17)14-24-25-21/h2-12,14H,13H2,1H3,(H,23,26)(H,24,25). The van der Waals surface area contributed by atoms with E-state index in [1.165, 1.54) is 0 Å². The van der Waals surface area contributed by atoms with Crippen molar-refractivity contribution in [3.05, 3.63) is 84.1 Å². The summed E-state index contributed by atoms with van der Waals surface area (Å²) in [6.07, 6.45) is 1.80. The number of hydrogen-bond acceptors (Lipinski definition) is 3. The molecule has 0 spiro atoms. The number of ether oxygens (including phenoxy) is 1. The summed E-state index contributed by atoms with van der Waals surface area (Å²) < 4.78 is 5.22. The second kappa shape index (κ2) is 7.33. The third-order valence-corrected chi connectivity index (χ3v) is 4.49. The Balaban J connectivity index is 1.51. The van der Waals surface area contributed by atoms with Crippen LogP contribution in [0.3, 0.4) is 0 Å². The summed E-state index contributed by atoms with van der Waals surface area (Å²) in [6, 6.07) is 21.4. The highest BCUT2D eigenvalue weighted by atomic mass is 16.5. The lowest BCUT2D eigenvalue weighted by Gasteiger charge is -2.09. The molecule has 5 nitrogen and oxygen atoms in total. The fraction of sp³-hybridized carbons (Fsp3) is 0.0909. The Kier molecular flexibility index (Phi) is 4.58. The minimum atomic E-state index is -0.107. The first kappa shape index (κ1) is 16.8. The summed E-state index contributed by atoms with van der Waals surface area (Å²) >= 11 is 0. The second-order valence-electron chi connectivity index (χ2n) is 6.29. The first-order valence-electron chi connectivity index (χ1n) is 8.67. The third-order valence-electron chi connectivity index (χ3n) is 4.49. The predicted octanol–water partition coefficient (Wildman–Crippen LogP) is 4.17. The van der Waals surface area contributed by atoms with Crippen LogP contribution in [-0.2, 0) is 6.54 Å². The molecule has 0 atom stereocenters. The summed E-state index contributed by atoms with van der Waals surface area (Å²) in [6.45, 7) is 0.446. The molecule has 2 N–H and O–H groups in total. The molecule has 0 fully saturated rings. The van der Waals surface area contributed by atoms with Crippen LogP contribution >= 0.6 is 0 Å². The van der Waals surface area contributed by atoms with Gasteiger partial charge in [0.2, 0.25) is 0 Å². The van der Waals surface area contributed by atoms with Gasteiger partial charge in [-0.25, -0.2) is 0 Å². The van der Waals surface area contributed by atoms with Gasteiger partial charge < -0.3 is 10.1 Å². The van der Waals surface area contributed by atoms with Gasteiger partial charge in [0.15, 0.2) is 0 Å². The highest BCUT2D eigenvalue weighted by molar-refractivity contribution is 5.95. The topological polar surface area (TPSA) is 67.0 Å². The Hall–Kier alpha value is -3.60. The fourth-order valence-corrected chi connectivity index (χ4v) is 3.03. The van der Waals surface area contributed by atoms with Crippen molar-refractivity contribution in [1.82, 2.24) is 15.5 Å². The molecule has 0 radical (unpaired) electrons. The smallest absolute Gasteiger partial charge is 0.251 e. The lowest BCUT2D eigenvalue weighted by molar-refractivity contribution is 0.0951. The van der Waals surface area contributed by atoms with E-state index in [4.69, 9.17) is 4.74 Å². The van der Waals surface area contributed by atoms with Crippen molar-refractivity contribution in [3.8, 4) is 16.9 Å². The average molecular weight is 357 g/mol. The van der Waals surface area contributed by atoms with Crippen LogP contribution in [0.4, 0.5) is 0 Å². The maximum atomic E-state index is 12.6. The molecular weight excluding hydrogens is 338 g/mol. The number of fused-ring (bicyclic) bond motifs is 1. The zero-order valence-electron chi connectivity index (χ0n) is 14.9. The van der Waals surface area contributed by atoms with E-state index < -0.39 is 0 Å². The van der Waals surface area contributed by atoms with E-state index in [9.17, 15) is 4.79 Å². The summed E-state index contributed by atoms with van der Waals surface area (Å²) in [4.78, 5) is 12.6. The lowest BCUT2D eigenvalue weighted by Crippen LogP contribution is -2.22. The van der Waals surface area contributed by atoms with Crippen molar-refractivity contribution >= 4 is 16.8 Å². The van der Waals surface area contributed by atoms with E-state index in [-0.39, 0.29) is 5.91 Å². The molecule has 134 valence electrons. The highest BCUT2D eigenvalue weighted by Crippen LogP contribution is 2.24. The zero-order valence-corrected chi connectivity index (χ0v) is 14.9. The number of benzene rings is 3. The molecule has 0 unspecified atom stereocenters. The third kappa shape index (κ3) is 3.67. The molecular formula is C22H19N3O2. The average Bonchev–Trinajstić information content (AvgIpc) is 3.20. The molecule has 1 amide bonds. The number of nitrogens with zero attached hydrogens (tertiary/aromatic N) is 1. The van der Waals surface area contributed by atoms with E-state index in [1.807, 2.05) is 60.7 Å². The van der Waals surface area contributed by atoms with Crippen molar-refractivity contribution < 1.29 is 9.53 Å².